The van der Waals surface area contributed by atoms with Gasteiger partial charge in [-0.3, -0.25) is 4.79 Å². The van der Waals surface area contributed by atoms with Crippen molar-refractivity contribution in [3.05, 3.63) is 89.8 Å². The number of amides is 1. The molecule has 1 aliphatic heterocycles. The van der Waals surface area contributed by atoms with E-state index in [2.05, 4.69) is 21.4 Å². The minimum absolute atomic E-state index is 0.00295. The predicted molar refractivity (Wildman–Crippen MR) is 149 cm³/mol. The standard InChI is InChI=1S/C30H26F2N6O3/c1-41-26-8-4-7-23(32)27(26)29-35-12-11-25(36-29)30(40)37-24-10-9-19(20-5-2-3-6-22(20)31)21(14-33)28(24)38-15-17(34)13-18(38)16-39/h2-12,17-18,39H,13,15-16,34H2,1H3,(H,37,40)/t17-,18-/m0/s1. The lowest BCUT2D eigenvalue weighted by molar-refractivity contribution is 0.102. The summed E-state index contributed by atoms with van der Waals surface area (Å²) in [7, 11) is 1.39. The van der Waals surface area contributed by atoms with Crippen molar-refractivity contribution in [3.8, 4) is 34.3 Å². The fourth-order valence-corrected chi connectivity index (χ4v) is 5.09. The molecule has 1 saturated heterocycles. The Morgan fingerprint density at radius 1 is 1.15 bits per heavy atom. The summed E-state index contributed by atoms with van der Waals surface area (Å²) in [6, 6.07) is 16.3. The van der Waals surface area contributed by atoms with Gasteiger partial charge in [0.05, 0.1) is 42.3 Å². The lowest BCUT2D eigenvalue weighted by Gasteiger charge is -2.29. The van der Waals surface area contributed by atoms with Crippen molar-refractivity contribution in [2.24, 2.45) is 5.73 Å². The molecule has 0 saturated carbocycles. The van der Waals surface area contributed by atoms with Crippen LogP contribution in [0.1, 0.15) is 22.5 Å². The maximum absolute atomic E-state index is 14.8. The Kier molecular flexibility index (Phi) is 7.87. The largest absolute Gasteiger partial charge is 0.496 e. The summed E-state index contributed by atoms with van der Waals surface area (Å²) in [4.78, 5) is 23.6. The molecule has 2 atom stereocenters. The second kappa shape index (κ2) is 11.7. The Labute approximate surface area is 234 Å². The molecule has 0 unspecified atom stereocenters. The van der Waals surface area contributed by atoms with Gasteiger partial charge in [0.25, 0.3) is 5.91 Å². The smallest absolute Gasteiger partial charge is 0.274 e. The molecule has 0 radical (unpaired) electrons. The third kappa shape index (κ3) is 5.30. The van der Waals surface area contributed by atoms with Gasteiger partial charge in [0.2, 0.25) is 0 Å². The Morgan fingerprint density at radius 2 is 1.93 bits per heavy atom. The van der Waals surface area contributed by atoms with Crippen LogP contribution < -0.4 is 20.7 Å². The van der Waals surface area contributed by atoms with Crippen LogP contribution in [0, 0.1) is 23.0 Å². The Balaban J connectivity index is 1.59. The van der Waals surface area contributed by atoms with Gasteiger partial charge in [-0.2, -0.15) is 5.26 Å². The first-order valence-electron chi connectivity index (χ1n) is 12.8. The van der Waals surface area contributed by atoms with Crippen molar-refractivity contribution < 1.29 is 23.4 Å². The van der Waals surface area contributed by atoms with E-state index in [1.807, 2.05) is 0 Å². The van der Waals surface area contributed by atoms with Gasteiger partial charge in [-0.25, -0.2) is 18.7 Å². The van der Waals surface area contributed by atoms with Crippen LogP contribution in [0.2, 0.25) is 0 Å². The summed E-state index contributed by atoms with van der Waals surface area (Å²) in [5, 5.41) is 23.1. The molecule has 1 aliphatic rings. The van der Waals surface area contributed by atoms with Gasteiger partial charge >= 0.3 is 0 Å². The van der Waals surface area contributed by atoms with Crippen molar-refractivity contribution >= 4 is 17.3 Å². The van der Waals surface area contributed by atoms with Crippen molar-refractivity contribution in [1.29, 1.82) is 5.26 Å². The number of nitriles is 1. The summed E-state index contributed by atoms with van der Waals surface area (Å²) in [6.45, 7) is 0.0594. The normalized spacial score (nSPS) is 16.3. The predicted octanol–water partition coefficient (Wildman–Crippen LogP) is 4.12. The number of anilines is 2. The maximum atomic E-state index is 14.8. The number of carbonyl (C=O) groups excluding carboxylic acids is 1. The van der Waals surface area contributed by atoms with Gasteiger partial charge in [-0.1, -0.05) is 30.3 Å². The number of benzene rings is 3. The first kappa shape index (κ1) is 27.6. The summed E-state index contributed by atoms with van der Waals surface area (Å²) in [6.07, 6.45) is 1.78. The van der Waals surface area contributed by atoms with E-state index < -0.39 is 23.6 Å². The van der Waals surface area contributed by atoms with Crippen LogP contribution in [0.25, 0.3) is 22.5 Å². The molecule has 1 fully saturated rings. The van der Waals surface area contributed by atoms with Crippen LogP contribution in [-0.4, -0.2) is 53.3 Å². The Bertz CT molecular complexity index is 1660. The second-order valence-corrected chi connectivity index (χ2v) is 9.50. The molecule has 41 heavy (non-hydrogen) atoms. The highest BCUT2D eigenvalue weighted by Gasteiger charge is 2.34. The molecule has 0 spiro atoms. The average Bonchev–Trinajstić information content (AvgIpc) is 3.37. The van der Waals surface area contributed by atoms with Crippen LogP contribution >= 0.6 is 0 Å². The molecule has 1 amide bonds. The summed E-state index contributed by atoms with van der Waals surface area (Å²) in [5.74, 6) is -1.64. The van der Waals surface area contributed by atoms with Crippen molar-refractivity contribution in [2.45, 2.75) is 18.5 Å². The van der Waals surface area contributed by atoms with E-state index in [0.717, 1.165) is 0 Å². The number of aromatic nitrogens is 2. The van der Waals surface area contributed by atoms with Gasteiger partial charge in [0.1, 0.15) is 29.1 Å². The number of aliphatic hydroxyl groups is 1. The van der Waals surface area contributed by atoms with E-state index >= 15 is 0 Å². The molecule has 1 aromatic heterocycles. The number of ether oxygens (including phenoxy) is 1. The zero-order valence-corrected chi connectivity index (χ0v) is 22.0. The van der Waals surface area contributed by atoms with Gasteiger partial charge in [0, 0.05) is 29.9 Å². The molecule has 11 heteroatoms. The molecule has 2 heterocycles. The number of hydrogen-bond donors (Lipinski definition) is 3. The molecular weight excluding hydrogens is 530 g/mol. The number of nitrogens with zero attached hydrogens (tertiary/aromatic N) is 4. The highest BCUT2D eigenvalue weighted by atomic mass is 19.1. The number of rotatable bonds is 7. The molecule has 4 N–H and O–H groups in total. The fraction of sp³-hybridized carbons (Fsp3) is 0.200. The van der Waals surface area contributed by atoms with Crippen LogP contribution in [0.5, 0.6) is 5.75 Å². The fourth-order valence-electron chi connectivity index (χ4n) is 5.09. The number of hydrogen-bond acceptors (Lipinski definition) is 8. The molecule has 0 aliphatic carbocycles. The third-order valence-corrected chi connectivity index (χ3v) is 6.95. The molecule has 5 rings (SSSR count). The Hall–Kier alpha value is -4.92. The van der Waals surface area contributed by atoms with Crippen LogP contribution in [0.3, 0.4) is 0 Å². The number of carbonyl (C=O) groups is 1. The van der Waals surface area contributed by atoms with E-state index in [-0.39, 0.29) is 52.3 Å². The second-order valence-electron chi connectivity index (χ2n) is 9.50. The van der Waals surface area contributed by atoms with Crippen molar-refractivity contribution in [1.82, 2.24) is 9.97 Å². The average molecular weight is 557 g/mol. The van der Waals surface area contributed by atoms with Gasteiger partial charge in [-0.05, 0) is 36.8 Å². The number of nitrogens with one attached hydrogen (secondary N) is 1. The zero-order chi connectivity index (χ0) is 29.1. The van der Waals surface area contributed by atoms with Crippen LogP contribution in [-0.2, 0) is 0 Å². The molecule has 0 bridgehead atoms. The van der Waals surface area contributed by atoms with Crippen LogP contribution in [0.4, 0.5) is 20.2 Å². The minimum atomic E-state index is -0.656. The number of halogens is 2. The molecule has 208 valence electrons. The van der Waals surface area contributed by atoms with E-state index in [4.69, 9.17) is 10.5 Å². The van der Waals surface area contributed by atoms with Gasteiger partial charge < -0.3 is 25.8 Å². The zero-order valence-electron chi connectivity index (χ0n) is 22.0. The SMILES string of the molecule is COc1cccc(F)c1-c1nccc(C(=O)Nc2ccc(-c3ccccc3F)c(C#N)c2N2C[C@@H](N)C[C@H]2CO)n1. The quantitative estimate of drug-likeness (QED) is 0.309. The first-order valence-corrected chi connectivity index (χ1v) is 12.8. The number of methoxy groups -OCH3 is 1. The monoisotopic (exact) mass is 556 g/mol. The van der Waals surface area contributed by atoms with E-state index in [0.29, 0.717) is 24.2 Å². The van der Waals surface area contributed by atoms with Crippen molar-refractivity contribution in [3.63, 3.8) is 0 Å². The lowest BCUT2D eigenvalue weighted by atomic mass is 9.96. The van der Waals surface area contributed by atoms with Crippen LogP contribution in [0.15, 0.2) is 66.9 Å². The highest BCUT2D eigenvalue weighted by Crippen LogP contribution is 2.41. The molecular formula is C30H26F2N6O3. The molecule has 9 nitrogen and oxygen atoms in total. The third-order valence-electron chi connectivity index (χ3n) is 6.95. The van der Waals surface area contributed by atoms with E-state index in [1.54, 1.807) is 41.3 Å². The molecule has 4 aromatic rings. The minimum Gasteiger partial charge on any atom is -0.496 e. The number of nitrogens with two attached hydrogens (primary N) is 1. The first-order chi connectivity index (χ1) is 19.9. The summed E-state index contributed by atoms with van der Waals surface area (Å²) in [5.41, 5.74) is 7.33. The van der Waals surface area contributed by atoms with Gasteiger partial charge in [0.15, 0.2) is 5.82 Å². The van der Waals surface area contributed by atoms with Crippen molar-refractivity contribution in [2.75, 3.05) is 30.5 Å². The maximum Gasteiger partial charge on any atom is 0.274 e. The van der Waals surface area contributed by atoms with E-state index in [1.165, 1.54) is 37.6 Å². The van der Waals surface area contributed by atoms with Gasteiger partial charge in [-0.15, -0.1) is 0 Å². The topological polar surface area (TPSA) is 137 Å². The lowest BCUT2D eigenvalue weighted by Crippen LogP contribution is -2.34. The summed E-state index contributed by atoms with van der Waals surface area (Å²) >= 11 is 0. The summed E-state index contributed by atoms with van der Waals surface area (Å²) < 4.78 is 34.7. The molecule has 3 aromatic carbocycles. The number of aliphatic hydroxyl groups excluding tert-OH is 1. The van der Waals surface area contributed by atoms with E-state index in [9.17, 15) is 23.9 Å². The highest BCUT2D eigenvalue weighted by molar-refractivity contribution is 6.06. The Morgan fingerprint density at radius 3 is 2.66 bits per heavy atom.